The van der Waals surface area contributed by atoms with Gasteiger partial charge in [0.1, 0.15) is 24.0 Å². The minimum atomic E-state index is 0.331. The molecule has 0 aromatic heterocycles. The van der Waals surface area contributed by atoms with Crippen LogP contribution in [0.3, 0.4) is 0 Å². The molecule has 0 fully saturated rings. The van der Waals surface area contributed by atoms with Gasteiger partial charge in [-0.05, 0) is 48.0 Å². The molecule has 0 aliphatic rings. The van der Waals surface area contributed by atoms with Gasteiger partial charge in [0.15, 0.2) is 11.5 Å². The van der Waals surface area contributed by atoms with Gasteiger partial charge in [0.25, 0.3) is 0 Å². The highest BCUT2D eigenvalue weighted by molar-refractivity contribution is 7.80. The van der Waals surface area contributed by atoms with Crippen molar-refractivity contribution in [3.8, 4) is 17.2 Å². The van der Waals surface area contributed by atoms with E-state index in [1.165, 1.54) is 5.39 Å². The number of benzene rings is 3. The van der Waals surface area contributed by atoms with Crippen molar-refractivity contribution in [2.75, 3.05) is 19.8 Å². The van der Waals surface area contributed by atoms with Gasteiger partial charge in [-0.1, -0.05) is 42.5 Å². The van der Waals surface area contributed by atoms with Crippen molar-refractivity contribution in [1.29, 1.82) is 0 Å². The second-order valence-corrected chi connectivity index (χ2v) is 6.10. The van der Waals surface area contributed by atoms with Gasteiger partial charge in [-0.25, -0.2) is 0 Å². The molecule has 0 radical (unpaired) electrons. The van der Waals surface area contributed by atoms with E-state index >= 15 is 0 Å². The molecule has 0 bridgehead atoms. The lowest BCUT2D eigenvalue weighted by atomic mass is 10.1. The van der Waals surface area contributed by atoms with Gasteiger partial charge in [-0.15, -0.1) is 0 Å². The van der Waals surface area contributed by atoms with E-state index in [-0.39, 0.29) is 0 Å². The van der Waals surface area contributed by atoms with E-state index in [4.69, 9.17) is 32.2 Å². The third kappa shape index (κ3) is 4.43. The molecule has 2 N–H and O–H groups in total. The van der Waals surface area contributed by atoms with Crippen molar-refractivity contribution in [2.45, 2.75) is 6.92 Å². The lowest BCUT2D eigenvalue weighted by molar-refractivity contribution is 0.208. The molecule has 0 aliphatic heterocycles. The summed E-state index contributed by atoms with van der Waals surface area (Å²) in [5.74, 6) is 2.10. The van der Waals surface area contributed by atoms with Crippen molar-refractivity contribution in [2.24, 2.45) is 5.73 Å². The Hall–Kier alpha value is -2.79. The Labute approximate surface area is 158 Å². The van der Waals surface area contributed by atoms with Crippen molar-refractivity contribution in [3.05, 3.63) is 66.2 Å². The Morgan fingerprint density at radius 3 is 2.38 bits per heavy atom. The van der Waals surface area contributed by atoms with Crippen LogP contribution in [0.2, 0.25) is 0 Å². The summed E-state index contributed by atoms with van der Waals surface area (Å²) < 4.78 is 17.2. The summed E-state index contributed by atoms with van der Waals surface area (Å²) in [7, 11) is 0. The van der Waals surface area contributed by atoms with Gasteiger partial charge in [0.2, 0.25) is 0 Å². The molecule has 3 rings (SSSR count). The summed E-state index contributed by atoms with van der Waals surface area (Å²) in [5, 5.41) is 2.34. The number of ether oxygens (including phenoxy) is 3. The highest BCUT2D eigenvalue weighted by Gasteiger charge is 2.08. The van der Waals surface area contributed by atoms with Gasteiger partial charge < -0.3 is 19.9 Å². The number of hydrogen-bond acceptors (Lipinski definition) is 4. The summed E-state index contributed by atoms with van der Waals surface area (Å²) in [6.07, 6.45) is 0. The minimum Gasteiger partial charge on any atom is -0.490 e. The fourth-order valence-corrected chi connectivity index (χ4v) is 2.74. The van der Waals surface area contributed by atoms with E-state index in [9.17, 15) is 0 Å². The van der Waals surface area contributed by atoms with E-state index in [2.05, 4.69) is 12.1 Å². The number of nitrogens with two attached hydrogens (primary N) is 1. The average molecular weight is 367 g/mol. The van der Waals surface area contributed by atoms with Crippen LogP contribution in [0.4, 0.5) is 0 Å². The zero-order valence-electron chi connectivity index (χ0n) is 14.6. The molecule has 3 aromatic carbocycles. The van der Waals surface area contributed by atoms with E-state index in [1.54, 1.807) is 6.07 Å². The molecule has 134 valence electrons. The van der Waals surface area contributed by atoms with Gasteiger partial charge in [0, 0.05) is 5.56 Å². The summed E-state index contributed by atoms with van der Waals surface area (Å²) in [4.78, 5) is 0.331. The van der Waals surface area contributed by atoms with Crippen LogP contribution in [0.5, 0.6) is 17.2 Å². The van der Waals surface area contributed by atoms with Crippen LogP contribution in [-0.2, 0) is 0 Å². The summed E-state index contributed by atoms with van der Waals surface area (Å²) in [6, 6.07) is 19.7. The van der Waals surface area contributed by atoms with Crippen LogP contribution in [0.1, 0.15) is 12.5 Å². The van der Waals surface area contributed by atoms with E-state index < -0.39 is 0 Å². The molecule has 26 heavy (non-hydrogen) atoms. The molecule has 0 unspecified atom stereocenters. The first-order valence-corrected chi connectivity index (χ1v) is 8.89. The van der Waals surface area contributed by atoms with Crippen LogP contribution in [0.25, 0.3) is 10.8 Å². The molecule has 0 saturated carbocycles. The topological polar surface area (TPSA) is 53.7 Å². The molecule has 0 saturated heterocycles. The normalized spacial score (nSPS) is 10.5. The van der Waals surface area contributed by atoms with Gasteiger partial charge >= 0.3 is 0 Å². The zero-order chi connectivity index (χ0) is 18.4. The Bertz CT molecular complexity index is 911. The van der Waals surface area contributed by atoms with Crippen LogP contribution in [-0.4, -0.2) is 24.8 Å². The molecule has 0 heterocycles. The summed E-state index contributed by atoms with van der Waals surface area (Å²) in [6.45, 7) is 3.28. The highest BCUT2D eigenvalue weighted by Crippen LogP contribution is 2.28. The predicted molar refractivity (Wildman–Crippen MR) is 108 cm³/mol. The first-order valence-electron chi connectivity index (χ1n) is 8.48. The van der Waals surface area contributed by atoms with Crippen molar-refractivity contribution in [3.63, 3.8) is 0 Å². The maximum Gasteiger partial charge on any atom is 0.161 e. The fraction of sp³-hybridized carbons (Fsp3) is 0.190. The maximum absolute atomic E-state index is 5.80. The maximum atomic E-state index is 5.80. The van der Waals surface area contributed by atoms with Gasteiger partial charge in [-0.2, -0.15) is 0 Å². The SMILES string of the molecule is CCOc1cc(C(N)=S)ccc1OCCOc1ccc2ccccc2c1. The quantitative estimate of drug-likeness (QED) is 0.474. The number of fused-ring (bicyclic) bond motifs is 1. The third-order valence-electron chi connectivity index (χ3n) is 3.86. The highest BCUT2D eigenvalue weighted by atomic mass is 32.1. The van der Waals surface area contributed by atoms with E-state index in [0.717, 1.165) is 16.7 Å². The predicted octanol–water partition coefficient (Wildman–Crippen LogP) is 4.33. The molecule has 0 amide bonds. The number of rotatable bonds is 8. The lowest BCUT2D eigenvalue weighted by Crippen LogP contribution is -2.12. The smallest absolute Gasteiger partial charge is 0.161 e. The van der Waals surface area contributed by atoms with Crippen LogP contribution in [0.15, 0.2) is 60.7 Å². The van der Waals surface area contributed by atoms with Crippen molar-refractivity contribution in [1.82, 2.24) is 0 Å². The molecular weight excluding hydrogens is 346 g/mol. The Morgan fingerprint density at radius 1 is 0.846 bits per heavy atom. The molecule has 5 heteroatoms. The van der Waals surface area contributed by atoms with Crippen molar-refractivity contribution >= 4 is 28.0 Å². The number of thiocarbonyl (C=S) groups is 1. The second kappa shape index (κ2) is 8.54. The average Bonchev–Trinajstić information content (AvgIpc) is 2.66. The lowest BCUT2D eigenvalue weighted by Gasteiger charge is -2.13. The van der Waals surface area contributed by atoms with Crippen LogP contribution >= 0.6 is 12.2 Å². The fourth-order valence-electron chi connectivity index (χ4n) is 2.62. The van der Waals surface area contributed by atoms with Gasteiger partial charge in [0.05, 0.1) is 6.61 Å². The first kappa shape index (κ1) is 18.0. The minimum absolute atomic E-state index is 0.331. The van der Waals surface area contributed by atoms with Crippen LogP contribution in [0, 0.1) is 0 Å². The standard InChI is InChI=1S/C21H21NO3S/c1-2-23-20-14-17(21(22)26)8-10-19(20)25-12-11-24-18-9-7-15-5-3-4-6-16(15)13-18/h3-10,13-14H,2,11-12H2,1H3,(H2,22,26). The summed E-state index contributed by atoms with van der Waals surface area (Å²) >= 11 is 5.00. The van der Waals surface area contributed by atoms with Crippen molar-refractivity contribution < 1.29 is 14.2 Å². The number of hydrogen-bond donors (Lipinski definition) is 1. The van der Waals surface area contributed by atoms with Crippen LogP contribution < -0.4 is 19.9 Å². The monoisotopic (exact) mass is 367 g/mol. The summed E-state index contributed by atoms with van der Waals surface area (Å²) in [5.41, 5.74) is 6.42. The molecule has 0 atom stereocenters. The molecule has 3 aromatic rings. The first-order chi connectivity index (χ1) is 12.7. The largest absolute Gasteiger partial charge is 0.490 e. The Morgan fingerprint density at radius 2 is 1.62 bits per heavy atom. The molecule has 0 aliphatic carbocycles. The molecule has 4 nitrogen and oxygen atoms in total. The molecule has 0 spiro atoms. The Kier molecular flexibility index (Phi) is 5.92. The third-order valence-corrected chi connectivity index (χ3v) is 4.09. The second-order valence-electron chi connectivity index (χ2n) is 5.66. The van der Waals surface area contributed by atoms with Gasteiger partial charge in [-0.3, -0.25) is 0 Å². The van der Waals surface area contributed by atoms with E-state index in [0.29, 0.717) is 36.3 Å². The Balaban J connectivity index is 1.59. The van der Waals surface area contributed by atoms with E-state index in [1.807, 2.05) is 49.4 Å². The zero-order valence-corrected chi connectivity index (χ0v) is 15.4. The molecular formula is C21H21NO3S.